The molecule has 1 amide bonds. The lowest BCUT2D eigenvalue weighted by atomic mass is 9.99. The van der Waals surface area contributed by atoms with Crippen LogP contribution in [0.15, 0.2) is 43.0 Å². The normalized spacial score (nSPS) is 19.6. The van der Waals surface area contributed by atoms with Crippen LogP contribution >= 0.6 is 12.2 Å². The molecule has 1 heterocycles. The molecule has 1 saturated heterocycles. The van der Waals surface area contributed by atoms with Crippen LogP contribution in [0.25, 0.3) is 0 Å². The van der Waals surface area contributed by atoms with Crippen molar-refractivity contribution in [3.63, 3.8) is 0 Å². The number of carbonyl (C=O) groups excluding carboxylic acids is 1. The number of aliphatic hydroxyl groups excluding tert-OH is 1. The summed E-state index contributed by atoms with van der Waals surface area (Å²) in [5.41, 5.74) is 1.09. The molecule has 2 rings (SSSR count). The van der Waals surface area contributed by atoms with Gasteiger partial charge in [0.2, 0.25) is 0 Å². The Balaban J connectivity index is 2.19. The van der Waals surface area contributed by atoms with Crippen molar-refractivity contribution >= 4 is 23.3 Å². The third kappa shape index (κ3) is 4.87. The van der Waals surface area contributed by atoms with E-state index in [0.717, 1.165) is 5.56 Å². The summed E-state index contributed by atoms with van der Waals surface area (Å²) >= 11 is 5.22. The van der Waals surface area contributed by atoms with E-state index in [-0.39, 0.29) is 29.6 Å². The summed E-state index contributed by atoms with van der Waals surface area (Å²) < 4.78 is 11.0. The molecule has 5 nitrogen and oxygen atoms in total. The molecule has 0 radical (unpaired) electrons. The average molecular weight is 363 g/mol. The van der Waals surface area contributed by atoms with Gasteiger partial charge in [0.1, 0.15) is 6.61 Å². The number of amides is 1. The van der Waals surface area contributed by atoms with Gasteiger partial charge in [-0.15, -0.1) is 6.58 Å². The largest absolute Gasteiger partial charge is 0.468 e. The molecule has 6 heteroatoms. The molecule has 1 aliphatic heterocycles. The molecule has 25 heavy (non-hydrogen) atoms. The topological polar surface area (TPSA) is 59.0 Å². The van der Waals surface area contributed by atoms with Gasteiger partial charge < -0.3 is 14.6 Å². The Morgan fingerprint density at radius 3 is 2.76 bits per heavy atom. The Hall–Kier alpha value is -1.76. The lowest BCUT2D eigenvalue weighted by Crippen LogP contribution is -2.51. The molecular formula is C19H25NO4S. The first-order chi connectivity index (χ1) is 12.0. The van der Waals surface area contributed by atoms with Gasteiger partial charge in [-0.3, -0.25) is 9.69 Å². The predicted molar refractivity (Wildman–Crippen MR) is 100 cm³/mol. The highest BCUT2D eigenvalue weighted by Crippen LogP contribution is 2.22. The second kappa shape index (κ2) is 9.08. The first kappa shape index (κ1) is 19.6. The summed E-state index contributed by atoms with van der Waals surface area (Å²) in [6.07, 6.45) is 0.232. The zero-order valence-corrected chi connectivity index (χ0v) is 15.4. The maximum Gasteiger partial charge on any atom is 0.266 e. The minimum absolute atomic E-state index is 0.133. The van der Waals surface area contributed by atoms with Gasteiger partial charge in [0.05, 0.1) is 18.8 Å². The third-order valence-corrected chi connectivity index (χ3v) is 4.46. The summed E-state index contributed by atoms with van der Waals surface area (Å²) in [5.74, 6) is -0.505. The van der Waals surface area contributed by atoms with Crippen molar-refractivity contribution in [2.45, 2.75) is 38.5 Å². The molecule has 0 bridgehead atoms. The molecule has 0 spiro atoms. The van der Waals surface area contributed by atoms with Crippen molar-refractivity contribution in [1.29, 1.82) is 0 Å². The quantitative estimate of drug-likeness (QED) is 0.567. The molecule has 1 aromatic rings. The van der Waals surface area contributed by atoms with Gasteiger partial charge in [-0.05, 0) is 30.1 Å². The first-order valence-corrected chi connectivity index (χ1v) is 8.80. The molecule has 1 aliphatic rings. The second-order valence-corrected chi connectivity index (χ2v) is 6.76. The van der Waals surface area contributed by atoms with Gasteiger partial charge in [0, 0.05) is 0 Å². The molecule has 0 saturated carbocycles. The van der Waals surface area contributed by atoms with Gasteiger partial charge in [0.25, 0.3) is 11.1 Å². The number of benzene rings is 1. The van der Waals surface area contributed by atoms with Crippen molar-refractivity contribution in [3.8, 4) is 0 Å². The molecule has 136 valence electrons. The Labute approximate surface area is 154 Å². The van der Waals surface area contributed by atoms with Crippen molar-refractivity contribution in [3.05, 3.63) is 48.6 Å². The molecule has 1 aromatic carbocycles. The van der Waals surface area contributed by atoms with E-state index in [0.29, 0.717) is 13.0 Å². The Kier molecular flexibility index (Phi) is 7.11. The summed E-state index contributed by atoms with van der Waals surface area (Å²) in [4.78, 5) is 14.5. The number of thiocarbonyl (C=S) groups is 1. The fourth-order valence-electron chi connectivity index (χ4n) is 2.74. The standard InChI is InChI=1S/C19H25NO4S/c1-4-10-23-17(16(21)13(2)3)18(22)20-15(12-24-19(20)25)11-14-8-6-5-7-9-14/h4-9,13,15-17,21H,1,10-12H2,2-3H3/t15-,16-,17-/m0/s1. The first-order valence-electron chi connectivity index (χ1n) is 8.40. The van der Waals surface area contributed by atoms with Gasteiger partial charge in [-0.1, -0.05) is 50.3 Å². The number of ether oxygens (including phenoxy) is 2. The fourth-order valence-corrected chi connectivity index (χ4v) is 3.05. The lowest BCUT2D eigenvalue weighted by Gasteiger charge is -2.30. The van der Waals surface area contributed by atoms with E-state index in [4.69, 9.17) is 21.7 Å². The van der Waals surface area contributed by atoms with Crippen LogP contribution in [-0.2, 0) is 20.7 Å². The predicted octanol–water partition coefficient (Wildman–Crippen LogP) is 2.33. The number of nitrogens with zero attached hydrogens (tertiary/aromatic N) is 1. The molecule has 3 atom stereocenters. The van der Waals surface area contributed by atoms with E-state index in [1.807, 2.05) is 44.2 Å². The van der Waals surface area contributed by atoms with Crippen LogP contribution in [0.2, 0.25) is 0 Å². The number of carbonyl (C=O) groups is 1. The maximum atomic E-state index is 13.0. The minimum Gasteiger partial charge on any atom is -0.468 e. The third-order valence-electron chi connectivity index (χ3n) is 4.14. The number of rotatable bonds is 8. The Bertz CT molecular complexity index is 605. The van der Waals surface area contributed by atoms with E-state index < -0.39 is 12.2 Å². The maximum absolute atomic E-state index is 13.0. The highest BCUT2D eigenvalue weighted by Gasteiger charge is 2.41. The van der Waals surface area contributed by atoms with Crippen LogP contribution in [0.3, 0.4) is 0 Å². The number of hydrogen-bond donors (Lipinski definition) is 1. The van der Waals surface area contributed by atoms with Crippen molar-refractivity contribution in [2.24, 2.45) is 5.92 Å². The van der Waals surface area contributed by atoms with E-state index in [9.17, 15) is 9.90 Å². The van der Waals surface area contributed by atoms with Gasteiger partial charge in [-0.25, -0.2) is 0 Å². The average Bonchev–Trinajstić information content (AvgIpc) is 2.96. The fraction of sp³-hybridized carbons (Fsp3) is 0.474. The van der Waals surface area contributed by atoms with E-state index in [2.05, 4.69) is 6.58 Å². The van der Waals surface area contributed by atoms with Crippen LogP contribution in [0.4, 0.5) is 0 Å². The smallest absolute Gasteiger partial charge is 0.266 e. The molecule has 0 unspecified atom stereocenters. The Morgan fingerprint density at radius 2 is 2.16 bits per heavy atom. The SMILES string of the molecule is C=CCO[C@H](C(=O)N1C(=S)OC[C@@H]1Cc1ccccc1)[C@@H](O)C(C)C. The van der Waals surface area contributed by atoms with Crippen molar-refractivity contribution in [2.75, 3.05) is 13.2 Å². The monoisotopic (exact) mass is 363 g/mol. The highest BCUT2D eigenvalue weighted by molar-refractivity contribution is 7.80. The molecule has 0 aromatic heterocycles. The van der Waals surface area contributed by atoms with Crippen LogP contribution in [-0.4, -0.2) is 52.6 Å². The summed E-state index contributed by atoms with van der Waals surface area (Å²) in [7, 11) is 0. The lowest BCUT2D eigenvalue weighted by molar-refractivity contribution is -0.149. The molecular weight excluding hydrogens is 338 g/mol. The van der Waals surface area contributed by atoms with Gasteiger partial charge >= 0.3 is 0 Å². The summed E-state index contributed by atoms with van der Waals surface area (Å²) in [5, 5.41) is 10.5. The summed E-state index contributed by atoms with van der Waals surface area (Å²) in [6.45, 7) is 7.78. The van der Waals surface area contributed by atoms with E-state index >= 15 is 0 Å². The van der Waals surface area contributed by atoms with Crippen LogP contribution < -0.4 is 0 Å². The van der Waals surface area contributed by atoms with Crippen molar-refractivity contribution < 1.29 is 19.4 Å². The van der Waals surface area contributed by atoms with Gasteiger partial charge in [-0.2, -0.15) is 0 Å². The highest BCUT2D eigenvalue weighted by atomic mass is 32.1. The van der Waals surface area contributed by atoms with Crippen LogP contribution in [0.1, 0.15) is 19.4 Å². The molecule has 1 fully saturated rings. The molecule has 1 N–H and O–H groups in total. The molecule has 0 aliphatic carbocycles. The van der Waals surface area contributed by atoms with E-state index in [1.54, 1.807) is 6.08 Å². The Morgan fingerprint density at radius 1 is 1.48 bits per heavy atom. The minimum atomic E-state index is -1.00. The zero-order valence-electron chi connectivity index (χ0n) is 14.6. The second-order valence-electron chi connectivity index (χ2n) is 6.41. The number of aliphatic hydroxyl groups is 1. The number of hydrogen-bond acceptors (Lipinski definition) is 5. The van der Waals surface area contributed by atoms with Crippen LogP contribution in [0.5, 0.6) is 0 Å². The van der Waals surface area contributed by atoms with Crippen LogP contribution in [0, 0.1) is 5.92 Å². The van der Waals surface area contributed by atoms with Gasteiger partial charge in [0.15, 0.2) is 6.10 Å². The zero-order chi connectivity index (χ0) is 18.4. The van der Waals surface area contributed by atoms with E-state index in [1.165, 1.54) is 4.90 Å². The summed E-state index contributed by atoms with van der Waals surface area (Å²) in [6, 6.07) is 9.64. The van der Waals surface area contributed by atoms with Crippen molar-refractivity contribution in [1.82, 2.24) is 4.90 Å².